The van der Waals surface area contributed by atoms with Crippen LogP contribution in [0.3, 0.4) is 0 Å². The van der Waals surface area contributed by atoms with E-state index in [1.165, 1.54) is 0 Å². The zero-order chi connectivity index (χ0) is 23.1. The Morgan fingerprint density at radius 1 is 0.971 bits per heavy atom. The number of hydrogen-bond acceptors (Lipinski definition) is 7. The van der Waals surface area contributed by atoms with Gasteiger partial charge in [-0.2, -0.15) is 0 Å². The van der Waals surface area contributed by atoms with Gasteiger partial charge in [0.15, 0.2) is 5.13 Å². The molecule has 4 aromatic rings. The predicted octanol–water partition coefficient (Wildman–Crippen LogP) is 3.82. The summed E-state index contributed by atoms with van der Waals surface area (Å²) < 4.78 is 8.25. The van der Waals surface area contributed by atoms with E-state index in [9.17, 15) is 9.59 Å². The highest BCUT2D eigenvalue weighted by molar-refractivity contribution is 7.22. The van der Waals surface area contributed by atoms with E-state index in [1.807, 2.05) is 18.2 Å². The second kappa shape index (κ2) is 8.81. The summed E-state index contributed by atoms with van der Waals surface area (Å²) in [5, 5.41) is 4.52. The van der Waals surface area contributed by atoms with Crippen LogP contribution in [0.2, 0.25) is 0 Å². The van der Waals surface area contributed by atoms with Crippen molar-refractivity contribution in [2.45, 2.75) is 32.2 Å². The smallest absolute Gasteiger partial charge is 0.261 e. The van der Waals surface area contributed by atoms with Crippen LogP contribution in [0.5, 0.6) is 0 Å². The average Bonchev–Trinajstić information content (AvgIpc) is 3.14. The zero-order valence-corrected chi connectivity index (χ0v) is 19.6. The van der Waals surface area contributed by atoms with Crippen LogP contribution in [0.4, 0.5) is 10.8 Å². The number of carbonyl (C=O) groups excluding carboxylic acids is 1. The minimum atomic E-state index is -0.226. The number of rotatable bonds is 3. The molecule has 1 N–H and O–H groups in total. The Kier molecular flexibility index (Phi) is 5.50. The molecule has 8 nitrogen and oxygen atoms in total. The number of anilines is 2. The molecule has 0 atom stereocenters. The van der Waals surface area contributed by atoms with Gasteiger partial charge in [0, 0.05) is 37.3 Å². The highest BCUT2D eigenvalue weighted by Gasteiger charge is 2.17. The van der Waals surface area contributed by atoms with Gasteiger partial charge in [-0.3, -0.25) is 14.2 Å². The number of aromatic nitrogens is 3. The van der Waals surface area contributed by atoms with E-state index in [4.69, 9.17) is 14.7 Å². The van der Waals surface area contributed by atoms with Gasteiger partial charge in [0.05, 0.1) is 34.3 Å². The molecule has 1 fully saturated rings. The van der Waals surface area contributed by atoms with Gasteiger partial charge in [0.1, 0.15) is 5.82 Å². The molecule has 34 heavy (non-hydrogen) atoms. The lowest BCUT2D eigenvalue weighted by molar-refractivity contribution is 0.102. The highest BCUT2D eigenvalue weighted by Crippen LogP contribution is 2.31. The topological polar surface area (TPSA) is 89.4 Å². The molecule has 0 aliphatic carbocycles. The number of thiazole rings is 1. The van der Waals surface area contributed by atoms with Crippen molar-refractivity contribution >= 4 is 49.2 Å². The van der Waals surface area contributed by atoms with Crippen molar-refractivity contribution in [1.29, 1.82) is 0 Å². The Hall–Kier alpha value is -3.30. The summed E-state index contributed by atoms with van der Waals surface area (Å²) in [6.07, 6.45) is 3.93. The van der Waals surface area contributed by atoms with E-state index < -0.39 is 0 Å². The minimum absolute atomic E-state index is 0.0134. The predicted molar refractivity (Wildman–Crippen MR) is 134 cm³/mol. The Balaban J connectivity index is 1.26. The highest BCUT2D eigenvalue weighted by atomic mass is 32.1. The molecule has 2 aliphatic rings. The van der Waals surface area contributed by atoms with E-state index >= 15 is 0 Å². The van der Waals surface area contributed by atoms with Crippen LogP contribution in [-0.4, -0.2) is 46.7 Å². The number of carbonyl (C=O) groups is 1. The third kappa shape index (κ3) is 3.95. The summed E-state index contributed by atoms with van der Waals surface area (Å²) in [6.45, 7) is 3.82. The van der Waals surface area contributed by atoms with Crippen LogP contribution in [0, 0.1) is 0 Å². The van der Waals surface area contributed by atoms with Crippen LogP contribution < -0.4 is 15.8 Å². The first-order valence-electron chi connectivity index (χ1n) is 11.7. The lowest BCUT2D eigenvalue weighted by Gasteiger charge is -2.25. The molecule has 0 radical (unpaired) electrons. The largest absolute Gasteiger partial charge is 0.378 e. The molecule has 174 valence electrons. The van der Waals surface area contributed by atoms with Crippen LogP contribution in [0.1, 0.15) is 35.4 Å². The number of nitrogens with one attached hydrogen (secondary N) is 1. The Morgan fingerprint density at radius 2 is 1.85 bits per heavy atom. The van der Waals surface area contributed by atoms with Gasteiger partial charge in [-0.25, -0.2) is 9.97 Å². The fourth-order valence-electron chi connectivity index (χ4n) is 4.64. The standard InChI is InChI=1S/C25H25N5O3S/c31-23(16-5-7-18-20(14-16)27-22-4-2-1-3-9-30(22)24(18)32)26-17-6-8-19-21(15-17)34-25(28-19)29-10-12-33-13-11-29/h5-8,14-15H,1-4,9-13H2,(H,26,31). The number of fused-ring (bicyclic) bond motifs is 3. The molecule has 2 aromatic heterocycles. The summed E-state index contributed by atoms with van der Waals surface area (Å²) in [4.78, 5) is 37.7. The number of ether oxygens (including phenoxy) is 1. The molecule has 9 heteroatoms. The van der Waals surface area contributed by atoms with Crippen molar-refractivity contribution in [3.63, 3.8) is 0 Å². The molecular formula is C25H25N5O3S. The van der Waals surface area contributed by atoms with Gasteiger partial charge in [-0.15, -0.1) is 0 Å². The Bertz CT molecular complexity index is 1450. The monoisotopic (exact) mass is 475 g/mol. The van der Waals surface area contributed by atoms with Crippen molar-refractivity contribution in [3.8, 4) is 0 Å². The van der Waals surface area contributed by atoms with E-state index in [0.717, 1.165) is 59.9 Å². The van der Waals surface area contributed by atoms with Crippen molar-refractivity contribution in [2.75, 3.05) is 36.5 Å². The molecule has 0 saturated carbocycles. The minimum Gasteiger partial charge on any atom is -0.378 e. The van der Waals surface area contributed by atoms with Gasteiger partial charge >= 0.3 is 0 Å². The molecule has 2 aliphatic heterocycles. The number of aryl methyl sites for hydroxylation is 1. The van der Waals surface area contributed by atoms with E-state index in [1.54, 1.807) is 34.1 Å². The summed E-state index contributed by atoms with van der Waals surface area (Å²) in [6, 6.07) is 10.9. The van der Waals surface area contributed by atoms with Crippen molar-refractivity contribution in [2.24, 2.45) is 0 Å². The van der Waals surface area contributed by atoms with Gasteiger partial charge in [0.2, 0.25) is 0 Å². The molecule has 4 heterocycles. The lowest BCUT2D eigenvalue weighted by atomic mass is 10.1. The molecule has 1 amide bonds. The van der Waals surface area contributed by atoms with Crippen molar-refractivity contribution in [3.05, 3.63) is 58.1 Å². The lowest BCUT2D eigenvalue weighted by Crippen LogP contribution is -2.36. The summed E-state index contributed by atoms with van der Waals surface area (Å²) in [5.74, 6) is 0.593. The van der Waals surface area contributed by atoms with E-state index in [0.29, 0.717) is 41.9 Å². The molecular weight excluding hydrogens is 450 g/mol. The fraction of sp³-hybridized carbons (Fsp3) is 0.360. The van der Waals surface area contributed by atoms with Gasteiger partial charge in [-0.1, -0.05) is 17.8 Å². The third-order valence-corrected chi connectivity index (χ3v) is 7.57. The van der Waals surface area contributed by atoms with Crippen LogP contribution >= 0.6 is 11.3 Å². The first kappa shape index (κ1) is 21.2. The Labute approximate surface area is 200 Å². The molecule has 0 bridgehead atoms. The quantitative estimate of drug-likeness (QED) is 0.485. The number of morpholine rings is 1. The maximum absolute atomic E-state index is 13.0. The first-order valence-corrected chi connectivity index (χ1v) is 12.6. The molecule has 0 spiro atoms. The van der Waals surface area contributed by atoms with Crippen LogP contribution in [-0.2, 0) is 17.7 Å². The molecule has 0 unspecified atom stereocenters. The number of hydrogen-bond donors (Lipinski definition) is 1. The summed E-state index contributed by atoms with van der Waals surface area (Å²) in [5.41, 5.74) is 2.68. The van der Waals surface area contributed by atoms with Crippen LogP contribution in [0.25, 0.3) is 21.1 Å². The second-order valence-corrected chi connectivity index (χ2v) is 9.77. The van der Waals surface area contributed by atoms with Gasteiger partial charge in [-0.05, 0) is 49.2 Å². The van der Waals surface area contributed by atoms with E-state index in [-0.39, 0.29) is 11.5 Å². The Morgan fingerprint density at radius 3 is 2.74 bits per heavy atom. The van der Waals surface area contributed by atoms with Gasteiger partial charge in [0.25, 0.3) is 11.5 Å². The number of nitrogens with zero attached hydrogens (tertiary/aromatic N) is 4. The maximum atomic E-state index is 13.0. The fourth-order valence-corrected chi connectivity index (χ4v) is 5.70. The second-order valence-electron chi connectivity index (χ2n) is 8.76. The maximum Gasteiger partial charge on any atom is 0.261 e. The molecule has 2 aromatic carbocycles. The van der Waals surface area contributed by atoms with Gasteiger partial charge < -0.3 is 15.0 Å². The summed E-state index contributed by atoms with van der Waals surface area (Å²) in [7, 11) is 0. The molecule has 6 rings (SSSR count). The van der Waals surface area contributed by atoms with Crippen LogP contribution in [0.15, 0.2) is 41.2 Å². The third-order valence-electron chi connectivity index (χ3n) is 6.50. The first-order chi connectivity index (χ1) is 16.7. The SMILES string of the molecule is O=C(Nc1ccc2nc(N3CCOCC3)sc2c1)c1ccc2c(=O)n3c(nc2c1)CCCCC3. The van der Waals surface area contributed by atoms with Crippen molar-refractivity contribution in [1.82, 2.24) is 14.5 Å². The normalized spacial score (nSPS) is 16.4. The van der Waals surface area contributed by atoms with Crippen molar-refractivity contribution < 1.29 is 9.53 Å². The average molecular weight is 476 g/mol. The zero-order valence-electron chi connectivity index (χ0n) is 18.7. The summed E-state index contributed by atoms with van der Waals surface area (Å²) >= 11 is 1.62. The number of benzene rings is 2. The van der Waals surface area contributed by atoms with E-state index in [2.05, 4.69) is 10.2 Å². The molecule has 1 saturated heterocycles. The number of amides is 1.